The Kier molecular flexibility index (Phi) is 6.99. The van der Waals surface area contributed by atoms with Crippen LogP contribution in [0.25, 0.3) is 0 Å². The van der Waals surface area contributed by atoms with Crippen LogP contribution in [0, 0.1) is 0 Å². The van der Waals surface area contributed by atoms with Gasteiger partial charge in [-0.1, -0.05) is 70.5 Å². The van der Waals surface area contributed by atoms with Crippen molar-refractivity contribution in [1.82, 2.24) is 10.2 Å². The summed E-state index contributed by atoms with van der Waals surface area (Å²) in [4.78, 5) is 2.59. The Morgan fingerprint density at radius 3 is 2.24 bits per heavy atom. The van der Waals surface area contributed by atoms with E-state index >= 15 is 0 Å². The molecule has 1 fully saturated rings. The molecule has 0 aliphatic carbocycles. The molecule has 1 aliphatic rings. The molecule has 0 saturated carbocycles. The van der Waals surface area contributed by atoms with Gasteiger partial charge < -0.3 is 10.1 Å². The molecule has 3 aromatic carbocycles. The van der Waals surface area contributed by atoms with Crippen molar-refractivity contribution < 1.29 is 4.74 Å². The fourth-order valence-corrected chi connectivity index (χ4v) is 4.14. The lowest BCUT2D eigenvalue weighted by Gasteiger charge is -2.31. The maximum Gasteiger partial charge on any atom is 0.119 e. The van der Waals surface area contributed by atoms with Gasteiger partial charge in [-0.15, -0.1) is 0 Å². The molecule has 1 unspecified atom stereocenters. The fraction of sp³-hybridized carbons (Fsp3) is 0.280. The Bertz CT molecular complexity index is 873. The van der Waals surface area contributed by atoms with Crippen LogP contribution in [0.5, 0.6) is 5.75 Å². The Hall–Kier alpha value is -2.14. The van der Waals surface area contributed by atoms with Crippen molar-refractivity contribution in [2.24, 2.45) is 0 Å². The summed E-state index contributed by atoms with van der Waals surface area (Å²) in [5, 5.41) is 3.52. The van der Waals surface area contributed by atoms with E-state index in [4.69, 9.17) is 4.74 Å². The molecule has 3 aromatic rings. The van der Waals surface area contributed by atoms with E-state index in [9.17, 15) is 0 Å². The number of rotatable bonds is 6. The number of nitrogens with zero attached hydrogens (tertiary/aromatic N) is 1. The topological polar surface area (TPSA) is 24.5 Å². The summed E-state index contributed by atoms with van der Waals surface area (Å²) in [5.41, 5.74) is 3.82. The SMILES string of the molecule is Brc1ccc(C(c2ccc(OCc3ccccc3)cc2)N2CCCNCC2)cc1. The second-order valence-electron chi connectivity index (χ2n) is 7.44. The van der Waals surface area contributed by atoms with Crippen molar-refractivity contribution in [3.8, 4) is 5.75 Å². The molecule has 4 rings (SSSR count). The summed E-state index contributed by atoms with van der Waals surface area (Å²) in [6, 6.07) is 27.9. The first-order valence-electron chi connectivity index (χ1n) is 10.3. The third-order valence-electron chi connectivity index (χ3n) is 5.37. The maximum atomic E-state index is 5.98. The van der Waals surface area contributed by atoms with Gasteiger partial charge in [-0.25, -0.2) is 0 Å². The normalized spacial score (nSPS) is 16.2. The van der Waals surface area contributed by atoms with Crippen molar-refractivity contribution in [3.63, 3.8) is 0 Å². The summed E-state index contributed by atoms with van der Waals surface area (Å²) >= 11 is 3.57. The summed E-state index contributed by atoms with van der Waals surface area (Å²) in [5.74, 6) is 0.907. The zero-order chi connectivity index (χ0) is 19.9. The van der Waals surface area contributed by atoms with E-state index in [0.29, 0.717) is 6.61 Å². The van der Waals surface area contributed by atoms with Crippen molar-refractivity contribution >= 4 is 15.9 Å². The third-order valence-corrected chi connectivity index (χ3v) is 5.90. The van der Waals surface area contributed by atoms with E-state index in [1.807, 2.05) is 18.2 Å². The van der Waals surface area contributed by atoms with E-state index < -0.39 is 0 Å². The zero-order valence-electron chi connectivity index (χ0n) is 16.6. The molecular formula is C25H27BrN2O. The first kappa shape index (κ1) is 20.1. The first-order chi connectivity index (χ1) is 14.3. The van der Waals surface area contributed by atoms with Gasteiger partial charge in [0.15, 0.2) is 0 Å². The van der Waals surface area contributed by atoms with Gasteiger partial charge in [0.2, 0.25) is 0 Å². The van der Waals surface area contributed by atoms with Gasteiger partial charge in [0.25, 0.3) is 0 Å². The van der Waals surface area contributed by atoms with Gasteiger partial charge in [-0.2, -0.15) is 0 Å². The van der Waals surface area contributed by atoms with Crippen LogP contribution < -0.4 is 10.1 Å². The van der Waals surface area contributed by atoms with Crippen LogP contribution in [-0.4, -0.2) is 31.1 Å². The summed E-state index contributed by atoms with van der Waals surface area (Å²) < 4.78 is 7.10. The predicted molar refractivity (Wildman–Crippen MR) is 122 cm³/mol. The highest BCUT2D eigenvalue weighted by Gasteiger charge is 2.23. The number of hydrogen-bond acceptors (Lipinski definition) is 3. The molecule has 1 atom stereocenters. The van der Waals surface area contributed by atoms with Crippen LogP contribution in [0.2, 0.25) is 0 Å². The lowest BCUT2D eigenvalue weighted by atomic mass is 9.96. The maximum absolute atomic E-state index is 5.98. The highest BCUT2D eigenvalue weighted by molar-refractivity contribution is 9.10. The average molecular weight is 451 g/mol. The van der Waals surface area contributed by atoms with Gasteiger partial charge in [-0.3, -0.25) is 4.90 Å². The molecular weight excluding hydrogens is 424 g/mol. The van der Waals surface area contributed by atoms with Crippen LogP contribution in [-0.2, 0) is 6.61 Å². The molecule has 3 nitrogen and oxygen atoms in total. The van der Waals surface area contributed by atoms with Gasteiger partial charge in [0.1, 0.15) is 12.4 Å². The minimum atomic E-state index is 0.256. The smallest absolute Gasteiger partial charge is 0.119 e. The lowest BCUT2D eigenvalue weighted by molar-refractivity contribution is 0.241. The Morgan fingerprint density at radius 2 is 1.52 bits per heavy atom. The average Bonchev–Trinajstić information content (AvgIpc) is 3.05. The van der Waals surface area contributed by atoms with Crippen molar-refractivity contribution in [2.45, 2.75) is 19.1 Å². The lowest BCUT2D eigenvalue weighted by Crippen LogP contribution is -2.33. The molecule has 0 radical (unpaired) electrons. The monoisotopic (exact) mass is 450 g/mol. The molecule has 4 heteroatoms. The predicted octanol–water partition coefficient (Wildman–Crippen LogP) is 5.41. The quantitative estimate of drug-likeness (QED) is 0.542. The van der Waals surface area contributed by atoms with Crippen LogP contribution in [0.15, 0.2) is 83.3 Å². The van der Waals surface area contributed by atoms with Crippen LogP contribution >= 0.6 is 15.9 Å². The molecule has 1 aliphatic heterocycles. The summed E-state index contributed by atoms with van der Waals surface area (Å²) in [6.45, 7) is 4.86. The highest BCUT2D eigenvalue weighted by atomic mass is 79.9. The van der Waals surface area contributed by atoms with Crippen LogP contribution in [0.4, 0.5) is 0 Å². The van der Waals surface area contributed by atoms with Crippen molar-refractivity contribution in [1.29, 1.82) is 0 Å². The minimum Gasteiger partial charge on any atom is -0.489 e. The first-order valence-corrected chi connectivity index (χ1v) is 11.1. The Labute approximate surface area is 181 Å². The summed E-state index contributed by atoms with van der Waals surface area (Å²) in [6.07, 6.45) is 1.17. The second kappa shape index (κ2) is 10.1. The second-order valence-corrected chi connectivity index (χ2v) is 8.35. The molecule has 29 heavy (non-hydrogen) atoms. The zero-order valence-corrected chi connectivity index (χ0v) is 18.1. The Morgan fingerprint density at radius 1 is 0.828 bits per heavy atom. The highest BCUT2D eigenvalue weighted by Crippen LogP contribution is 2.31. The Balaban J connectivity index is 1.54. The molecule has 1 saturated heterocycles. The van der Waals surface area contributed by atoms with E-state index in [0.717, 1.165) is 36.4 Å². The van der Waals surface area contributed by atoms with Gasteiger partial charge in [-0.05, 0) is 53.9 Å². The molecule has 0 bridgehead atoms. The van der Waals surface area contributed by atoms with E-state index in [-0.39, 0.29) is 6.04 Å². The van der Waals surface area contributed by atoms with E-state index in [2.05, 4.69) is 86.8 Å². The largest absolute Gasteiger partial charge is 0.489 e. The molecule has 0 spiro atoms. The molecule has 0 amide bonds. The fourth-order valence-electron chi connectivity index (χ4n) is 3.87. The standard InChI is InChI=1S/C25H27BrN2O/c26-23-11-7-21(8-12-23)25(28-17-4-15-27-16-18-28)22-9-13-24(14-10-22)29-19-20-5-2-1-3-6-20/h1-3,5-14,25,27H,4,15-19H2. The number of ether oxygens (including phenoxy) is 1. The molecule has 150 valence electrons. The van der Waals surface area contributed by atoms with Gasteiger partial charge in [0.05, 0.1) is 6.04 Å². The summed E-state index contributed by atoms with van der Waals surface area (Å²) in [7, 11) is 0. The minimum absolute atomic E-state index is 0.256. The number of halogens is 1. The third kappa shape index (κ3) is 5.47. The van der Waals surface area contributed by atoms with E-state index in [1.165, 1.54) is 23.1 Å². The number of hydrogen-bond donors (Lipinski definition) is 1. The number of benzene rings is 3. The van der Waals surface area contributed by atoms with Crippen molar-refractivity contribution in [3.05, 3.63) is 100 Å². The van der Waals surface area contributed by atoms with Crippen molar-refractivity contribution in [2.75, 3.05) is 26.2 Å². The van der Waals surface area contributed by atoms with Gasteiger partial charge in [0, 0.05) is 24.1 Å². The van der Waals surface area contributed by atoms with Crippen LogP contribution in [0.3, 0.4) is 0 Å². The number of nitrogens with one attached hydrogen (secondary N) is 1. The van der Waals surface area contributed by atoms with Gasteiger partial charge >= 0.3 is 0 Å². The molecule has 1 N–H and O–H groups in total. The molecule has 0 aromatic heterocycles. The van der Waals surface area contributed by atoms with Crippen LogP contribution in [0.1, 0.15) is 29.2 Å². The molecule has 1 heterocycles. The van der Waals surface area contributed by atoms with E-state index in [1.54, 1.807) is 0 Å².